The highest BCUT2D eigenvalue weighted by Crippen LogP contribution is 2.34. The summed E-state index contributed by atoms with van der Waals surface area (Å²) in [6.45, 7) is 2.26. The van der Waals surface area contributed by atoms with Gasteiger partial charge in [0.1, 0.15) is 5.69 Å². The van der Waals surface area contributed by atoms with Crippen molar-refractivity contribution < 1.29 is 33.0 Å². The van der Waals surface area contributed by atoms with Crippen LogP contribution < -0.4 is 5.32 Å². The maximum Gasteiger partial charge on any atom is 0.490 e. The van der Waals surface area contributed by atoms with Crippen molar-refractivity contribution in [2.75, 3.05) is 13.1 Å². The number of aliphatic carboxylic acids is 1. The number of hydrogen-bond acceptors (Lipinski definition) is 6. The number of pyridine rings is 1. The minimum Gasteiger partial charge on any atom is -0.477 e. The third-order valence-corrected chi connectivity index (χ3v) is 6.49. The average Bonchev–Trinajstić information content (AvgIpc) is 3.39. The molecular weight excluding hydrogens is 509 g/mol. The number of aromatic nitrogens is 3. The molecule has 3 N–H and O–H groups in total. The van der Waals surface area contributed by atoms with E-state index < -0.39 is 18.1 Å². The van der Waals surface area contributed by atoms with Crippen LogP contribution in [0, 0.1) is 0 Å². The number of halogens is 4. The Morgan fingerprint density at radius 1 is 1.17 bits per heavy atom. The van der Waals surface area contributed by atoms with Crippen LogP contribution in [0.15, 0.2) is 30.6 Å². The van der Waals surface area contributed by atoms with Crippen LogP contribution >= 0.6 is 22.9 Å². The molecule has 1 aliphatic rings. The highest BCUT2D eigenvalue weighted by atomic mass is 35.5. The maximum atomic E-state index is 11.9. The summed E-state index contributed by atoms with van der Waals surface area (Å²) in [7, 11) is 0. The third-order valence-electron chi connectivity index (χ3n) is 5.20. The summed E-state index contributed by atoms with van der Waals surface area (Å²) in [4.78, 5) is 26.2. The number of carbonyl (C=O) groups is 2. The topological polar surface area (TPSA) is 117 Å². The van der Waals surface area contributed by atoms with Gasteiger partial charge in [-0.1, -0.05) is 11.6 Å². The van der Waals surface area contributed by atoms with E-state index in [-0.39, 0.29) is 0 Å². The van der Waals surface area contributed by atoms with Gasteiger partial charge in [0.2, 0.25) is 0 Å². The molecule has 3 heterocycles. The zero-order chi connectivity index (χ0) is 25.6. The number of aromatic carboxylic acids is 1. The summed E-state index contributed by atoms with van der Waals surface area (Å²) in [5.74, 6) is -3.67. The lowest BCUT2D eigenvalue weighted by Gasteiger charge is -2.14. The number of carboxylic acid groups (broad SMARTS) is 2. The van der Waals surface area contributed by atoms with Gasteiger partial charge in [-0.3, -0.25) is 9.67 Å². The van der Waals surface area contributed by atoms with Crippen LogP contribution in [0.4, 0.5) is 13.2 Å². The molecule has 188 valence electrons. The van der Waals surface area contributed by atoms with Crippen molar-refractivity contribution in [2.45, 2.75) is 38.4 Å². The Morgan fingerprint density at radius 2 is 1.91 bits per heavy atom. The fourth-order valence-corrected chi connectivity index (χ4v) is 4.73. The zero-order valence-electron chi connectivity index (χ0n) is 18.3. The molecule has 0 bridgehead atoms. The second-order valence-electron chi connectivity index (χ2n) is 7.60. The number of nitrogens with one attached hydrogen (secondary N) is 1. The molecule has 35 heavy (non-hydrogen) atoms. The fourth-order valence-electron chi connectivity index (χ4n) is 3.65. The molecule has 3 aromatic rings. The number of alkyl halides is 3. The number of nitrogens with zero attached hydrogens (tertiary/aromatic N) is 3. The van der Waals surface area contributed by atoms with Gasteiger partial charge in [0.25, 0.3) is 0 Å². The van der Waals surface area contributed by atoms with Crippen molar-refractivity contribution in [1.82, 2.24) is 20.1 Å². The molecule has 3 aromatic heterocycles. The number of hydrogen-bond donors (Lipinski definition) is 3. The number of thiophene rings is 1. The summed E-state index contributed by atoms with van der Waals surface area (Å²) >= 11 is 7.55. The molecule has 1 aliphatic carbocycles. The maximum absolute atomic E-state index is 11.9. The van der Waals surface area contributed by atoms with Gasteiger partial charge in [0.15, 0.2) is 0 Å². The second kappa shape index (κ2) is 11.6. The van der Waals surface area contributed by atoms with Gasteiger partial charge >= 0.3 is 18.1 Å². The van der Waals surface area contributed by atoms with Crippen LogP contribution in [-0.4, -0.2) is 56.2 Å². The quantitative estimate of drug-likeness (QED) is 0.371. The van der Waals surface area contributed by atoms with Crippen molar-refractivity contribution in [1.29, 1.82) is 0 Å². The summed E-state index contributed by atoms with van der Waals surface area (Å²) in [5.41, 5.74) is 4.10. The van der Waals surface area contributed by atoms with Crippen LogP contribution in [0.5, 0.6) is 0 Å². The Balaban J connectivity index is 0.000000429. The molecule has 4 rings (SSSR count). The zero-order valence-corrected chi connectivity index (χ0v) is 19.9. The lowest BCUT2D eigenvalue weighted by atomic mass is 9.90. The summed E-state index contributed by atoms with van der Waals surface area (Å²) < 4.78 is 34.2. The predicted molar refractivity (Wildman–Crippen MR) is 124 cm³/mol. The lowest BCUT2D eigenvalue weighted by Crippen LogP contribution is -2.21. The molecule has 0 unspecified atom stereocenters. The van der Waals surface area contributed by atoms with Crippen LogP contribution in [0.3, 0.4) is 0 Å². The van der Waals surface area contributed by atoms with Crippen molar-refractivity contribution in [3.63, 3.8) is 0 Å². The van der Waals surface area contributed by atoms with E-state index in [4.69, 9.17) is 21.5 Å². The van der Waals surface area contributed by atoms with Crippen LogP contribution in [0.1, 0.15) is 32.9 Å². The van der Waals surface area contributed by atoms with E-state index >= 15 is 0 Å². The first-order valence-electron chi connectivity index (χ1n) is 10.6. The monoisotopic (exact) mass is 530 g/mol. The Kier molecular flexibility index (Phi) is 8.87. The molecule has 0 saturated heterocycles. The molecule has 0 saturated carbocycles. The highest BCUT2D eigenvalue weighted by molar-refractivity contribution is 7.16. The van der Waals surface area contributed by atoms with E-state index in [2.05, 4.69) is 21.5 Å². The van der Waals surface area contributed by atoms with E-state index in [1.807, 2.05) is 18.3 Å². The number of rotatable bonds is 8. The van der Waals surface area contributed by atoms with Gasteiger partial charge in [-0.2, -0.15) is 18.3 Å². The molecule has 0 amide bonds. The standard InChI is InChI=1S/C20H21ClN4O2S.C2HF3O2/c21-17-5-3-14(28-17)6-9-22-8-1-11-25-19(20(26)27)16-4-2-13-12-23-10-7-15(13)18(16)24-25;3-2(4,5)1(6)7/h3,5,7,10,12,22H,1-2,4,6,8-9,11H2,(H,26,27);(H,6,7). The van der Waals surface area contributed by atoms with Gasteiger partial charge in [-0.15, -0.1) is 11.3 Å². The van der Waals surface area contributed by atoms with Gasteiger partial charge in [0.05, 0.1) is 10.0 Å². The molecule has 13 heteroatoms. The first-order valence-corrected chi connectivity index (χ1v) is 11.8. The number of carboxylic acids is 2. The number of aryl methyl sites for hydroxylation is 2. The fraction of sp³-hybridized carbons (Fsp3) is 0.364. The van der Waals surface area contributed by atoms with Crippen LogP contribution in [0.25, 0.3) is 11.3 Å². The third kappa shape index (κ3) is 7.03. The SMILES string of the molecule is O=C(O)C(F)(F)F.O=C(O)c1c2c(nn1CCCNCCc1ccc(Cl)s1)-c1ccncc1CC2. The lowest BCUT2D eigenvalue weighted by molar-refractivity contribution is -0.192. The summed E-state index contributed by atoms with van der Waals surface area (Å²) in [6.07, 6.45) is 1.75. The van der Waals surface area contributed by atoms with Gasteiger partial charge in [0, 0.05) is 34.9 Å². The summed E-state index contributed by atoms with van der Waals surface area (Å²) in [6, 6.07) is 5.90. The van der Waals surface area contributed by atoms with Gasteiger partial charge in [-0.25, -0.2) is 9.59 Å². The predicted octanol–water partition coefficient (Wildman–Crippen LogP) is 4.31. The van der Waals surface area contributed by atoms with E-state index in [1.54, 1.807) is 22.2 Å². The van der Waals surface area contributed by atoms with E-state index in [9.17, 15) is 23.1 Å². The second-order valence-corrected chi connectivity index (χ2v) is 9.40. The van der Waals surface area contributed by atoms with Gasteiger partial charge < -0.3 is 15.5 Å². The molecule has 8 nitrogen and oxygen atoms in total. The minimum absolute atomic E-state index is 0.325. The largest absolute Gasteiger partial charge is 0.490 e. The molecule has 0 aromatic carbocycles. The molecule has 0 spiro atoms. The Bertz CT molecular complexity index is 1200. The van der Waals surface area contributed by atoms with Crippen molar-refractivity contribution in [2.24, 2.45) is 0 Å². The molecule has 0 radical (unpaired) electrons. The first-order chi connectivity index (χ1) is 16.6. The van der Waals surface area contributed by atoms with Crippen molar-refractivity contribution in [3.8, 4) is 11.3 Å². The summed E-state index contributed by atoms with van der Waals surface area (Å²) in [5, 5.41) is 24.9. The van der Waals surface area contributed by atoms with E-state index in [1.165, 1.54) is 4.88 Å². The minimum atomic E-state index is -5.08. The smallest absolute Gasteiger partial charge is 0.477 e. The number of fused-ring (bicyclic) bond motifs is 3. The average molecular weight is 531 g/mol. The van der Waals surface area contributed by atoms with Crippen LogP contribution in [-0.2, 0) is 30.6 Å². The van der Waals surface area contributed by atoms with Gasteiger partial charge in [-0.05, 0) is 62.5 Å². The van der Waals surface area contributed by atoms with Crippen molar-refractivity contribution >= 4 is 34.9 Å². The highest BCUT2D eigenvalue weighted by Gasteiger charge is 2.38. The van der Waals surface area contributed by atoms with Crippen molar-refractivity contribution in [3.05, 3.63) is 56.6 Å². The Morgan fingerprint density at radius 3 is 2.54 bits per heavy atom. The Labute approximate surface area is 207 Å². The molecule has 0 atom stereocenters. The molecule has 0 fully saturated rings. The van der Waals surface area contributed by atoms with E-state index in [0.717, 1.165) is 59.1 Å². The van der Waals surface area contributed by atoms with E-state index in [0.29, 0.717) is 18.7 Å². The van der Waals surface area contributed by atoms with Crippen LogP contribution in [0.2, 0.25) is 4.34 Å². The normalized spacial score (nSPS) is 12.3. The Hall–Kier alpha value is -2.96. The molecule has 0 aliphatic heterocycles. The first kappa shape index (κ1) is 26.6. The molecular formula is C22H22ClF3N4O4S.